The van der Waals surface area contributed by atoms with Crippen molar-refractivity contribution in [3.05, 3.63) is 83.9 Å². The lowest BCUT2D eigenvalue weighted by molar-refractivity contribution is -0.199. The van der Waals surface area contributed by atoms with Crippen molar-refractivity contribution in [1.82, 2.24) is 4.90 Å². The Hall–Kier alpha value is -3.18. The predicted octanol–water partition coefficient (Wildman–Crippen LogP) is 5.04. The predicted molar refractivity (Wildman–Crippen MR) is 124 cm³/mol. The van der Waals surface area contributed by atoms with Crippen molar-refractivity contribution < 1.29 is 19.1 Å². The van der Waals surface area contributed by atoms with Crippen molar-refractivity contribution in [1.29, 1.82) is 0 Å². The van der Waals surface area contributed by atoms with E-state index < -0.39 is 23.7 Å². The maximum absolute atomic E-state index is 13.2. The topological polar surface area (TPSA) is 55.8 Å². The summed E-state index contributed by atoms with van der Waals surface area (Å²) in [6, 6.07) is 22.6. The smallest absolute Gasteiger partial charge is 0.332 e. The Bertz CT molecular complexity index is 1110. The zero-order valence-corrected chi connectivity index (χ0v) is 18.9. The standard InChI is InChI=1S/C27H29NO4/c1-18(21-16-10-14-20-13-8-9-15-22(20)21)28-23(26(30)32-27(2,3)4)24(25(28)29)31-17-19-11-6-5-7-12-19/h5-16,18,23-24H,17H2,1-4H3/t18-,23+,24+/m0/s1. The molecule has 3 aromatic carbocycles. The molecule has 3 aromatic rings. The summed E-state index contributed by atoms with van der Waals surface area (Å²) in [4.78, 5) is 27.9. The minimum Gasteiger partial charge on any atom is -0.458 e. The second-order valence-electron chi connectivity index (χ2n) is 9.19. The van der Waals surface area contributed by atoms with Gasteiger partial charge in [0.2, 0.25) is 0 Å². The molecule has 1 fully saturated rings. The van der Waals surface area contributed by atoms with Crippen LogP contribution in [0.2, 0.25) is 0 Å². The minimum absolute atomic E-state index is 0.197. The number of nitrogens with zero attached hydrogens (tertiary/aromatic N) is 1. The summed E-state index contributed by atoms with van der Waals surface area (Å²) in [6.07, 6.45) is -0.859. The molecule has 5 heteroatoms. The van der Waals surface area contributed by atoms with Crippen molar-refractivity contribution in [2.24, 2.45) is 0 Å². The number of rotatable bonds is 6. The van der Waals surface area contributed by atoms with Gasteiger partial charge in [-0.2, -0.15) is 0 Å². The average molecular weight is 432 g/mol. The highest BCUT2D eigenvalue weighted by atomic mass is 16.6. The fourth-order valence-electron chi connectivity index (χ4n) is 4.20. The van der Waals surface area contributed by atoms with Crippen LogP contribution in [0.4, 0.5) is 0 Å². The lowest BCUT2D eigenvalue weighted by Gasteiger charge is -2.48. The molecule has 1 saturated heterocycles. The van der Waals surface area contributed by atoms with Crippen LogP contribution < -0.4 is 0 Å². The Balaban J connectivity index is 1.62. The number of carbonyl (C=O) groups is 2. The molecule has 0 N–H and O–H groups in total. The molecule has 1 aliphatic heterocycles. The molecule has 0 radical (unpaired) electrons. The van der Waals surface area contributed by atoms with E-state index in [0.29, 0.717) is 0 Å². The van der Waals surface area contributed by atoms with Gasteiger partial charge in [0.15, 0.2) is 12.1 Å². The number of carbonyl (C=O) groups excluding carboxylic acids is 2. The highest BCUT2D eigenvalue weighted by Crippen LogP contribution is 2.37. The molecule has 0 unspecified atom stereocenters. The molecule has 1 heterocycles. The van der Waals surface area contributed by atoms with Crippen LogP contribution in [0.3, 0.4) is 0 Å². The highest BCUT2D eigenvalue weighted by Gasteiger charge is 2.56. The van der Waals surface area contributed by atoms with Gasteiger partial charge in [-0.3, -0.25) is 4.79 Å². The van der Waals surface area contributed by atoms with E-state index in [0.717, 1.165) is 21.9 Å². The summed E-state index contributed by atoms with van der Waals surface area (Å²) in [6.45, 7) is 7.68. The summed E-state index contributed by atoms with van der Waals surface area (Å²) in [5, 5.41) is 2.16. The van der Waals surface area contributed by atoms with Gasteiger partial charge in [-0.1, -0.05) is 72.8 Å². The number of hydrogen-bond donors (Lipinski definition) is 0. The number of amides is 1. The Labute approximate surface area is 188 Å². The van der Waals surface area contributed by atoms with E-state index in [1.807, 2.05) is 100 Å². The number of hydrogen-bond acceptors (Lipinski definition) is 4. The van der Waals surface area contributed by atoms with Crippen LogP contribution in [-0.2, 0) is 25.7 Å². The molecule has 32 heavy (non-hydrogen) atoms. The van der Waals surface area contributed by atoms with Crippen LogP contribution in [0.25, 0.3) is 10.8 Å². The van der Waals surface area contributed by atoms with E-state index in [1.165, 1.54) is 0 Å². The van der Waals surface area contributed by atoms with E-state index in [4.69, 9.17) is 9.47 Å². The van der Waals surface area contributed by atoms with Gasteiger partial charge in [0.05, 0.1) is 12.6 Å². The van der Waals surface area contributed by atoms with Crippen molar-refractivity contribution in [2.45, 2.75) is 58.1 Å². The number of benzene rings is 3. The van der Waals surface area contributed by atoms with Crippen molar-refractivity contribution in [3.63, 3.8) is 0 Å². The summed E-state index contributed by atoms with van der Waals surface area (Å²) in [5.41, 5.74) is 1.28. The first-order chi connectivity index (χ1) is 15.3. The molecule has 3 atom stereocenters. The van der Waals surface area contributed by atoms with E-state index in [2.05, 4.69) is 0 Å². The Morgan fingerprint density at radius 3 is 2.34 bits per heavy atom. The third-order valence-corrected chi connectivity index (χ3v) is 5.70. The van der Waals surface area contributed by atoms with Crippen LogP contribution in [0.1, 0.15) is 44.9 Å². The van der Waals surface area contributed by atoms with Crippen molar-refractivity contribution >= 4 is 22.6 Å². The number of likely N-dealkylation sites (tertiary alicyclic amines) is 1. The lowest BCUT2D eigenvalue weighted by atomic mass is 9.90. The van der Waals surface area contributed by atoms with Crippen LogP contribution in [0.15, 0.2) is 72.8 Å². The third kappa shape index (κ3) is 4.39. The molecular formula is C27H29NO4. The van der Waals surface area contributed by atoms with Crippen LogP contribution in [-0.4, -0.2) is 34.5 Å². The Morgan fingerprint density at radius 1 is 0.969 bits per heavy atom. The molecule has 0 aliphatic carbocycles. The zero-order valence-electron chi connectivity index (χ0n) is 18.9. The van der Waals surface area contributed by atoms with Gasteiger partial charge < -0.3 is 14.4 Å². The van der Waals surface area contributed by atoms with E-state index in [1.54, 1.807) is 4.90 Å². The van der Waals surface area contributed by atoms with Crippen molar-refractivity contribution in [3.8, 4) is 0 Å². The largest absolute Gasteiger partial charge is 0.458 e. The second-order valence-corrected chi connectivity index (χ2v) is 9.19. The minimum atomic E-state index is -0.859. The Kier molecular flexibility index (Phi) is 6.02. The highest BCUT2D eigenvalue weighted by molar-refractivity contribution is 6.00. The average Bonchev–Trinajstić information content (AvgIpc) is 2.76. The molecule has 1 aliphatic rings. The summed E-state index contributed by atoms with van der Waals surface area (Å²) in [7, 11) is 0. The third-order valence-electron chi connectivity index (χ3n) is 5.70. The van der Waals surface area contributed by atoms with Crippen molar-refractivity contribution in [2.75, 3.05) is 0 Å². The molecule has 1 amide bonds. The summed E-state index contributed by atoms with van der Waals surface area (Å²) >= 11 is 0. The zero-order chi connectivity index (χ0) is 22.9. The number of β-lactam (4-membered cyclic amide) rings is 1. The van der Waals surface area contributed by atoms with Gasteiger partial charge in [0, 0.05) is 0 Å². The molecule has 0 spiro atoms. The van der Waals surface area contributed by atoms with Gasteiger partial charge in [-0.25, -0.2) is 4.79 Å². The lowest BCUT2D eigenvalue weighted by Crippen LogP contribution is -2.69. The number of ether oxygens (including phenoxy) is 2. The van der Waals surface area contributed by atoms with Gasteiger partial charge in [-0.05, 0) is 49.6 Å². The quantitative estimate of drug-likeness (QED) is 0.405. The van der Waals surface area contributed by atoms with Gasteiger partial charge in [0.25, 0.3) is 5.91 Å². The molecule has 0 bridgehead atoms. The fourth-order valence-corrected chi connectivity index (χ4v) is 4.20. The van der Waals surface area contributed by atoms with E-state index in [-0.39, 0.29) is 18.6 Å². The molecule has 5 nitrogen and oxygen atoms in total. The van der Waals surface area contributed by atoms with Gasteiger partial charge in [-0.15, -0.1) is 0 Å². The second kappa shape index (κ2) is 8.75. The molecule has 0 aromatic heterocycles. The van der Waals surface area contributed by atoms with E-state index in [9.17, 15) is 9.59 Å². The summed E-state index contributed by atoms with van der Waals surface area (Å²) < 4.78 is 11.6. The maximum atomic E-state index is 13.2. The molecule has 0 saturated carbocycles. The number of esters is 1. The Morgan fingerprint density at radius 2 is 1.62 bits per heavy atom. The van der Waals surface area contributed by atoms with Crippen LogP contribution in [0, 0.1) is 0 Å². The SMILES string of the molecule is C[C@@H](c1cccc2ccccc12)N1C(=O)[C@H](OCc2ccccc2)[C@@H]1C(=O)OC(C)(C)C. The summed E-state index contributed by atoms with van der Waals surface area (Å²) in [5.74, 6) is -0.639. The molecular weight excluding hydrogens is 402 g/mol. The maximum Gasteiger partial charge on any atom is 0.332 e. The first kappa shape index (κ1) is 22.0. The normalized spacial score (nSPS) is 19.5. The first-order valence-corrected chi connectivity index (χ1v) is 10.9. The van der Waals surface area contributed by atoms with Crippen LogP contribution in [0.5, 0.6) is 0 Å². The first-order valence-electron chi connectivity index (χ1n) is 10.9. The molecule has 4 rings (SSSR count). The van der Waals surface area contributed by atoms with E-state index >= 15 is 0 Å². The monoisotopic (exact) mass is 431 g/mol. The van der Waals surface area contributed by atoms with Crippen LogP contribution >= 0.6 is 0 Å². The fraction of sp³-hybridized carbons (Fsp3) is 0.333. The molecule has 166 valence electrons. The van der Waals surface area contributed by atoms with Gasteiger partial charge in [0.1, 0.15) is 5.60 Å². The van der Waals surface area contributed by atoms with Gasteiger partial charge >= 0.3 is 5.97 Å². The number of fused-ring (bicyclic) bond motifs is 1.